The van der Waals surface area contributed by atoms with Crippen LogP contribution in [0.15, 0.2) is 0 Å². The molecule has 0 aromatic heterocycles. The number of ether oxygens (including phenoxy) is 2. The van der Waals surface area contributed by atoms with E-state index in [1.807, 2.05) is 0 Å². The summed E-state index contributed by atoms with van der Waals surface area (Å²) in [5, 5.41) is 8.35. The molecule has 1 amide bonds. The zero-order valence-electron chi connectivity index (χ0n) is 8.09. The highest BCUT2D eigenvalue weighted by molar-refractivity contribution is 5.83. The third-order valence-electron chi connectivity index (χ3n) is 2.46. The van der Waals surface area contributed by atoms with E-state index >= 15 is 0 Å². The van der Waals surface area contributed by atoms with E-state index in [1.54, 1.807) is 4.90 Å². The largest absolute Gasteiger partial charge is 0.463 e. The lowest BCUT2D eigenvalue weighted by atomic mass is 10.2. The van der Waals surface area contributed by atoms with Gasteiger partial charge in [-0.05, 0) is 0 Å². The fourth-order valence-electron chi connectivity index (χ4n) is 1.66. The molecule has 2 rings (SSSR count). The summed E-state index contributed by atoms with van der Waals surface area (Å²) in [6.07, 6.45) is -0.0529. The number of fused-ring (bicyclic) bond motifs is 1. The molecule has 0 aromatic rings. The lowest BCUT2D eigenvalue weighted by Gasteiger charge is -2.31. The van der Waals surface area contributed by atoms with E-state index in [0.717, 1.165) is 6.61 Å². The molecule has 1 radical (unpaired) electrons. The van der Waals surface area contributed by atoms with Crippen LogP contribution in [-0.2, 0) is 19.1 Å². The van der Waals surface area contributed by atoms with Crippen molar-refractivity contribution in [1.82, 2.24) is 4.90 Å². The van der Waals surface area contributed by atoms with Gasteiger partial charge < -0.3 is 19.5 Å². The van der Waals surface area contributed by atoms with Gasteiger partial charge in [0.1, 0.15) is 18.9 Å². The Kier molecular flexibility index (Phi) is 2.88. The average Bonchev–Trinajstić information content (AvgIpc) is 2.53. The van der Waals surface area contributed by atoms with Gasteiger partial charge in [-0.3, -0.25) is 9.59 Å². The van der Waals surface area contributed by atoms with E-state index in [9.17, 15) is 9.59 Å². The topological polar surface area (TPSA) is 76.1 Å². The van der Waals surface area contributed by atoms with E-state index in [2.05, 4.69) is 0 Å². The van der Waals surface area contributed by atoms with Crippen molar-refractivity contribution in [3.05, 3.63) is 6.61 Å². The number of rotatable bonds is 4. The van der Waals surface area contributed by atoms with Gasteiger partial charge in [-0.1, -0.05) is 0 Å². The van der Waals surface area contributed by atoms with E-state index in [-0.39, 0.29) is 31.3 Å². The molecule has 2 unspecified atom stereocenters. The summed E-state index contributed by atoms with van der Waals surface area (Å²) in [5.41, 5.74) is 0. The highest BCUT2D eigenvalue weighted by Gasteiger charge is 2.45. The van der Waals surface area contributed by atoms with Crippen LogP contribution in [0.4, 0.5) is 0 Å². The monoisotopic (exact) mass is 214 g/mol. The van der Waals surface area contributed by atoms with Crippen LogP contribution in [0.2, 0.25) is 0 Å². The lowest BCUT2D eigenvalue weighted by Crippen LogP contribution is -2.48. The molecule has 2 atom stereocenters. The molecule has 2 aliphatic heterocycles. The summed E-state index contributed by atoms with van der Waals surface area (Å²) >= 11 is 0. The van der Waals surface area contributed by atoms with Gasteiger partial charge in [-0.25, -0.2) is 0 Å². The Morgan fingerprint density at radius 2 is 2.53 bits per heavy atom. The van der Waals surface area contributed by atoms with Gasteiger partial charge in [-0.2, -0.15) is 0 Å². The number of β-lactam (4-membered cyclic amide) rings is 1. The second-order valence-electron chi connectivity index (χ2n) is 3.53. The molecular formula is C9H12NO5. The fraction of sp³-hybridized carbons (Fsp3) is 0.667. The zero-order valence-corrected chi connectivity index (χ0v) is 8.09. The maximum absolute atomic E-state index is 11.0. The SMILES string of the molecule is O=C(C[CH]O)OCC1CN2C(=O)CC2O1. The first kappa shape index (κ1) is 10.4. The van der Waals surface area contributed by atoms with E-state index in [4.69, 9.17) is 14.6 Å². The van der Waals surface area contributed by atoms with E-state index in [0.29, 0.717) is 13.0 Å². The molecule has 83 valence electrons. The normalized spacial score (nSPS) is 28.6. The number of carbonyl (C=O) groups excluding carboxylic acids is 2. The van der Waals surface area contributed by atoms with Crippen molar-refractivity contribution in [2.75, 3.05) is 13.2 Å². The summed E-state index contributed by atoms with van der Waals surface area (Å²) in [6.45, 7) is 1.36. The number of amides is 1. The van der Waals surface area contributed by atoms with Crippen LogP contribution in [-0.4, -0.2) is 47.4 Å². The number of nitrogens with zero attached hydrogens (tertiary/aromatic N) is 1. The van der Waals surface area contributed by atoms with Crippen molar-refractivity contribution in [1.29, 1.82) is 0 Å². The van der Waals surface area contributed by atoms with Gasteiger partial charge in [0.25, 0.3) is 0 Å². The molecule has 1 N–H and O–H groups in total. The van der Waals surface area contributed by atoms with Gasteiger partial charge in [0.15, 0.2) is 0 Å². The number of aliphatic hydroxyl groups excluding tert-OH is 1. The molecule has 15 heavy (non-hydrogen) atoms. The minimum atomic E-state index is -0.498. The molecule has 2 saturated heterocycles. The first-order chi connectivity index (χ1) is 7.20. The third-order valence-corrected chi connectivity index (χ3v) is 2.46. The summed E-state index contributed by atoms with van der Waals surface area (Å²) in [7, 11) is 0. The Bertz CT molecular complexity index is 280. The van der Waals surface area contributed by atoms with E-state index in [1.165, 1.54) is 0 Å². The Morgan fingerprint density at radius 3 is 3.13 bits per heavy atom. The lowest BCUT2D eigenvalue weighted by molar-refractivity contribution is -0.159. The first-order valence-corrected chi connectivity index (χ1v) is 4.77. The highest BCUT2D eigenvalue weighted by atomic mass is 16.6. The maximum atomic E-state index is 11.0. The number of hydrogen-bond donors (Lipinski definition) is 1. The van der Waals surface area contributed by atoms with Crippen molar-refractivity contribution < 1.29 is 24.2 Å². The smallest absolute Gasteiger partial charge is 0.308 e. The molecule has 0 bridgehead atoms. The number of carbonyl (C=O) groups is 2. The Balaban J connectivity index is 1.69. The minimum Gasteiger partial charge on any atom is -0.463 e. The summed E-state index contributed by atoms with van der Waals surface area (Å²) in [5.74, 6) is -0.417. The van der Waals surface area contributed by atoms with Crippen molar-refractivity contribution in [2.45, 2.75) is 25.2 Å². The van der Waals surface area contributed by atoms with Gasteiger partial charge in [0, 0.05) is 0 Å². The summed E-state index contributed by atoms with van der Waals surface area (Å²) in [4.78, 5) is 23.5. The maximum Gasteiger partial charge on any atom is 0.308 e. The number of esters is 1. The Labute approximate surface area is 86.8 Å². The number of aliphatic hydroxyl groups is 1. The predicted octanol–water partition coefficient (Wildman–Crippen LogP) is -0.589. The highest BCUT2D eigenvalue weighted by Crippen LogP contribution is 2.28. The van der Waals surface area contributed by atoms with Crippen molar-refractivity contribution in [2.24, 2.45) is 0 Å². The van der Waals surface area contributed by atoms with Crippen LogP contribution in [0.5, 0.6) is 0 Å². The van der Waals surface area contributed by atoms with Gasteiger partial charge in [-0.15, -0.1) is 0 Å². The molecule has 0 spiro atoms. The minimum absolute atomic E-state index is 0.0810. The standard InChI is InChI=1S/C9H12NO5/c11-2-1-9(13)14-5-6-4-10-7(12)3-8(10)15-6/h2,6,8,11H,1,3-5H2. The second kappa shape index (κ2) is 4.16. The van der Waals surface area contributed by atoms with Gasteiger partial charge in [0.2, 0.25) is 5.91 Å². The quantitative estimate of drug-likeness (QED) is 0.500. The Morgan fingerprint density at radius 1 is 1.73 bits per heavy atom. The molecule has 6 nitrogen and oxygen atoms in total. The zero-order chi connectivity index (χ0) is 10.8. The van der Waals surface area contributed by atoms with Crippen LogP contribution in [0.1, 0.15) is 12.8 Å². The molecular weight excluding hydrogens is 202 g/mol. The summed E-state index contributed by atoms with van der Waals surface area (Å²) in [6, 6.07) is 0. The van der Waals surface area contributed by atoms with Crippen molar-refractivity contribution >= 4 is 11.9 Å². The molecule has 0 saturated carbocycles. The van der Waals surface area contributed by atoms with Gasteiger partial charge in [0.05, 0.1) is 26.0 Å². The molecule has 0 aliphatic carbocycles. The molecule has 2 aliphatic rings. The number of hydrogen-bond acceptors (Lipinski definition) is 5. The fourth-order valence-corrected chi connectivity index (χ4v) is 1.66. The first-order valence-electron chi connectivity index (χ1n) is 4.77. The van der Waals surface area contributed by atoms with Crippen LogP contribution in [0.25, 0.3) is 0 Å². The Hall–Kier alpha value is -1.14. The third kappa shape index (κ3) is 2.10. The van der Waals surface area contributed by atoms with Crippen LogP contribution in [0, 0.1) is 6.61 Å². The van der Waals surface area contributed by atoms with Crippen LogP contribution < -0.4 is 0 Å². The molecule has 2 fully saturated rings. The molecule has 6 heteroatoms. The van der Waals surface area contributed by atoms with Crippen LogP contribution in [0.3, 0.4) is 0 Å². The molecule has 2 heterocycles. The molecule has 0 aromatic carbocycles. The van der Waals surface area contributed by atoms with Gasteiger partial charge >= 0.3 is 5.97 Å². The average molecular weight is 214 g/mol. The van der Waals surface area contributed by atoms with Crippen LogP contribution >= 0.6 is 0 Å². The van der Waals surface area contributed by atoms with Crippen molar-refractivity contribution in [3.8, 4) is 0 Å². The second-order valence-corrected chi connectivity index (χ2v) is 3.53. The van der Waals surface area contributed by atoms with E-state index < -0.39 is 5.97 Å². The predicted molar refractivity (Wildman–Crippen MR) is 46.8 cm³/mol. The van der Waals surface area contributed by atoms with Crippen molar-refractivity contribution in [3.63, 3.8) is 0 Å². The summed E-state index contributed by atoms with van der Waals surface area (Å²) < 4.78 is 10.2.